The van der Waals surface area contributed by atoms with Crippen LogP contribution in [0.25, 0.3) is 131 Å². The van der Waals surface area contributed by atoms with Crippen LogP contribution in [-0.2, 0) is 0 Å². The summed E-state index contributed by atoms with van der Waals surface area (Å²) in [6.45, 7) is 2.28. The van der Waals surface area contributed by atoms with Crippen LogP contribution in [0.2, 0.25) is 0 Å². The molecule has 0 heterocycles. The summed E-state index contributed by atoms with van der Waals surface area (Å²) in [4.78, 5) is 0. The van der Waals surface area contributed by atoms with Crippen LogP contribution in [0.15, 0.2) is 164 Å². The third-order valence-corrected chi connectivity index (χ3v) is 12.6. The van der Waals surface area contributed by atoms with Gasteiger partial charge in [0.25, 0.3) is 0 Å². The van der Waals surface area contributed by atoms with Gasteiger partial charge in [0.15, 0.2) is 0 Å². The van der Waals surface area contributed by atoms with Gasteiger partial charge in [0.05, 0.1) is 0 Å². The molecule has 242 valence electrons. The van der Waals surface area contributed by atoms with Crippen molar-refractivity contribution in [2.75, 3.05) is 0 Å². The van der Waals surface area contributed by atoms with Crippen molar-refractivity contribution < 1.29 is 0 Å². The van der Waals surface area contributed by atoms with Crippen LogP contribution in [0.3, 0.4) is 0 Å². The van der Waals surface area contributed by atoms with Crippen molar-refractivity contribution in [1.29, 1.82) is 0 Å². The molecule has 53 heavy (non-hydrogen) atoms. The van der Waals surface area contributed by atoms with E-state index in [4.69, 9.17) is 0 Å². The van der Waals surface area contributed by atoms with Gasteiger partial charge in [-0.2, -0.15) is 0 Å². The molecule has 2 aliphatic rings. The highest BCUT2D eigenvalue weighted by atomic mass is 14.3. The standard InChI is InChI=1S/C53H30/c1-29-15-16-33(31-11-6-3-7-12-31)36-19-20-43-44-24-23-40-39-22-21-38-37-18-17-34-32(30-9-4-2-5-10-30)13-8-14-35(34)48(37)45-27-25-41(49(39)52(38)45)42-26-28-46(51(43)47(29)36)53(44)50(40)42/h2-28H,1H3. The smallest absolute Gasteiger partial charge is 0.00137 e. The summed E-state index contributed by atoms with van der Waals surface area (Å²) in [6, 6.07) is 61.8. The maximum atomic E-state index is 2.42. The molecule has 0 aliphatic heterocycles. The first-order valence-electron chi connectivity index (χ1n) is 18.7. The first-order valence-corrected chi connectivity index (χ1v) is 18.7. The van der Waals surface area contributed by atoms with Crippen molar-refractivity contribution in [2.24, 2.45) is 0 Å². The molecule has 0 nitrogen and oxygen atoms in total. The Balaban J connectivity index is 1.09. The monoisotopic (exact) mass is 666 g/mol. The molecule has 11 aromatic carbocycles. The number of aryl methyl sites for hydroxylation is 1. The number of benzene rings is 11. The molecule has 0 spiro atoms. The molecule has 0 amide bonds. The number of rotatable bonds is 2. The third-order valence-electron chi connectivity index (χ3n) is 12.6. The minimum Gasteiger partial charge on any atom is -0.0622 e. The van der Waals surface area contributed by atoms with E-state index in [-0.39, 0.29) is 0 Å². The second kappa shape index (κ2) is 9.76. The Bertz CT molecular complexity index is 3400. The summed E-state index contributed by atoms with van der Waals surface area (Å²) >= 11 is 0. The van der Waals surface area contributed by atoms with E-state index in [9.17, 15) is 0 Å². The van der Waals surface area contributed by atoms with Crippen LogP contribution in [0.1, 0.15) is 5.56 Å². The molecule has 0 heteroatoms. The number of fused-ring (bicyclic) bond motifs is 12. The lowest BCUT2D eigenvalue weighted by Gasteiger charge is -2.17. The molecule has 0 N–H and O–H groups in total. The fourth-order valence-corrected chi connectivity index (χ4v) is 10.5. The van der Waals surface area contributed by atoms with Gasteiger partial charge in [-0.25, -0.2) is 0 Å². The van der Waals surface area contributed by atoms with Gasteiger partial charge in [0, 0.05) is 0 Å². The van der Waals surface area contributed by atoms with Gasteiger partial charge in [0.2, 0.25) is 0 Å². The quantitative estimate of drug-likeness (QED) is 0.127. The zero-order valence-electron chi connectivity index (χ0n) is 29.1. The molecule has 0 saturated heterocycles. The van der Waals surface area contributed by atoms with E-state index in [0.29, 0.717) is 0 Å². The largest absolute Gasteiger partial charge is 0.0622 e. The predicted octanol–water partition coefficient (Wildman–Crippen LogP) is 15.0. The maximum Gasteiger partial charge on any atom is -0.00137 e. The van der Waals surface area contributed by atoms with Crippen molar-refractivity contribution in [2.45, 2.75) is 6.92 Å². The first kappa shape index (κ1) is 27.9. The fourth-order valence-electron chi connectivity index (χ4n) is 10.5. The summed E-state index contributed by atoms with van der Waals surface area (Å²) < 4.78 is 0. The topological polar surface area (TPSA) is 0 Å². The summed E-state index contributed by atoms with van der Waals surface area (Å²) in [5.74, 6) is 0. The molecular weight excluding hydrogens is 637 g/mol. The maximum absolute atomic E-state index is 2.42. The van der Waals surface area contributed by atoms with Crippen molar-refractivity contribution in [3.8, 4) is 66.8 Å². The van der Waals surface area contributed by atoms with Crippen LogP contribution in [0.5, 0.6) is 0 Å². The third kappa shape index (κ3) is 3.38. The molecule has 0 saturated carbocycles. The van der Waals surface area contributed by atoms with Gasteiger partial charge in [-0.05, 0) is 144 Å². The number of hydrogen-bond acceptors (Lipinski definition) is 0. The highest BCUT2D eigenvalue weighted by Gasteiger charge is 2.30. The highest BCUT2D eigenvalue weighted by molar-refractivity contribution is 6.41. The summed E-state index contributed by atoms with van der Waals surface area (Å²) in [6.07, 6.45) is 0. The van der Waals surface area contributed by atoms with Gasteiger partial charge >= 0.3 is 0 Å². The van der Waals surface area contributed by atoms with Crippen LogP contribution >= 0.6 is 0 Å². The lowest BCUT2D eigenvalue weighted by Crippen LogP contribution is -1.89. The SMILES string of the molecule is Cc1ccc(-c2ccccc2)c2ccc3c(c12)-c1ccc2c4ccc5c6c(ccc(c7ccc-3c1c72)c64)-c1ccc2c(-c3ccccc3)cccc2c1-5. The Kier molecular flexibility index (Phi) is 5.14. The van der Waals surface area contributed by atoms with E-state index in [0.717, 1.165) is 0 Å². The highest BCUT2D eigenvalue weighted by Crippen LogP contribution is 2.58. The summed E-state index contributed by atoms with van der Waals surface area (Å²) in [7, 11) is 0. The second-order valence-corrected chi connectivity index (χ2v) is 15.1. The lowest BCUT2D eigenvalue weighted by atomic mass is 9.86. The molecule has 0 unspecified atom stereocenters. The Hall–Kier alpha value is -6.76. The molecule has 0 bridgehead atoms. The minimum atomic E-state index is 1.26. The minimum absolute atomic E-state index is 1.26. The normalized spacial score (nSPS) is 12.6. The van der Waals surface area contributed by atoms with Crippen molar-refractivity contribution >= 4 is 64.6 Å². The molecule has 0 aromatic heterocycles. The van der Waals surface area contributed by atoms with E-state index >= 15 is 0 Å². The molecule has 2 aliphatic carbocycles. The van der Waals surface area contributed by atoms with E-state index in [2.05, 4.69) is 171 Å². The summed E-state index contributed by atoms with van der Waals surface area (Å²) in [5.41, 5.74) is 17.3. The average molecular weight is 667 g/mol. The second-order valence-electron chi connectivity index (χ2n) is 15.1. The predicted molar refractivity (Wildman–Crippen MR) is 227 cm³/mol. The van der Waals surface area contributed by atoms with Crippen molar-refractivity contribution in [3.05, 3.63) is 169 Å². The van der Waals surface area contributed by atoms with Gasteiger partial charge in [-0.1, -0.05) is 164 Å². The average Bonchev–Trinajstić information content (AvgIpc) is 3.74. The molecule has 13 rings (SSSR count). The van der Waals surface area contributed by atoms with E-state index < -0.39 is 0 Å². The van der Waals surface area contributed by atoms with E-state index in [1.165, 1.54) is 137 Å². The van der Waals surface area contributed by atoms with Gasteiger partial charge in [0.1, 0.15) is 0 Å². The van der Waals surface area contributed by atoms with Gasteiger partial charge < -0.3 is 0 Å². The van der Waals surface area contributed by atoms with Crippen LogP contribution in [0.4, 0.5) is 0 Å². The van der Waals surface area contributed by atoms with Gasteiger partial charge in [-0.15, -0.1) is 0 Å². The van der Waals surface area contributed by atoms with E-state index in [1.54, 1.807) is 0 Å². The fraction of sp³-hybridized carbons (Fsp3) is 0.0189. The molecule has 0 fully saturated rings. The first-order chi connectivity index (χ1) is 26.2. The Morgan fingerprint density at radius 3 is 1.28 bits per heavy atom. The number of hydrogen-bond donors (Lipinski definition) is 0. The van der Waals surface area contributed by atoms with Crippen molar-refractivity contribution in [1.82, 2.24) is 0 Å². The van der Waals surface area contributed by atoms with Crippen LogP contribution in [-0.4, -0.2) is 0 Å². The zero-order valence-corrected chi connectivity index (χ0v) is 29.1. The van der Waals surface area contributed by atoms with E-state index in [1.807, 2.05) is 0 Å². The summed E-state index contributed by atoms with van der Waals surface area (Å²) in [5, 5.41) is 16.3. The van der Waals surface area contributed by atoms with Gasteiger partial charge in [-0.3, -0.25) is 0 Å². The Labute approximate surface area is 306 Å². The molecule has 11 aromatic rings. The Morgan fingerprint density at radius 1 is 0.226 bits per heavy atom. The molecule has 0 atom stereocenters. The lowest BCUT2D eigenvalue weighted by molar-refractivity contribution is 1.52. The van der Waals surface area contributed by atoms with Crippen LogP contribution in [0, 0.1) is 6.92 Å². The Morgan fingerprint density at radius 2 is 0.679 bits per heavy atom. The molecule has 0 radical (unpaired) electrons. The molecular formula is C53H30. The zero-order chi connectivity index (χ0) is 34.5. The van der Waals surface area contributed by atoms with Crippen LogP contribution < -0.4 is 0 Å². The van der Waals surface area contributed by atoms with Crippen molar-refractivity contribution in [3.63, 3.8) is 0 Å².